The monoisotopic (exact) mass is 524 g/mol. The molecule has 0 bridgehead atoms. The molecule has 1 aliphatic rings. The van der Waals surface area contributed by atoms with E-state index in [0.717, 1.165) is 48.2 Å². The molecule has 1 atom stereocenters. The molecule has 2 amide bonds. The Morgan fingerprint density at radius 3 is 2.86 bits per heavy atom. The Kier molecular flexibility index (Phi) is 9.88. The van der Waals surface area contributed by atoms with E-state index in [0.29, 0.717) is 31.3 Å². The van der Waals surface area contributed by atoms with Crippen LogP contribution in [-0.4, -0.2) is 65.1 Å². The molecule has 0 spiro atoms. The Balaban J connectivity index is 1.85. The average Bonchev–Trinajstić information content (AvgIpc) is 2.87. The number of aryl methyl sites for hydroxylation is 1. The van der Waals surface area contributed by atoms with Crippen molar-refractivity contribution in [2.24, 2.45) is 0 Å². The number of amides is 2. The van der Waals surface area contributed by atoms with E-state index in [-0.39, 0.29) is 23.2 Å². The van der Waals surface area contributed by atoms with Crippen LogP contribution >= 0.6 is 12.2 Å². The van der Waals surface area contributed by atoms with E-state index in [1.54, 1.807) is 7.11 Å². The van der Waals surface area contributed by atoms with Crippen molar-refractivity contribution >= 4 is 41.2 Å². The zero-order chi connectivity index (χ0) is 26.9. The summed E-state index contributed by atoms with van der Waals surface area (Å²) < 4.78 is 10.9. The molecule has 37 heavy (non-hydrogen) atoms. The van der Waals surface area contributed by atoms with Crippen molar-refractivity contribution in [2.45, 2.75) is 52.7 Å². The normalized spacial score (nSPS) is 13.2. The Morgan fingerprint density at radius 2 is 2.22 bits per heavy atom. The Hall–Kier alpha value is -3.62. The quantitative estimate of drug-likeness (QED) is 0.361. The largest absolute Gasteiger partial charge is 0.487 e. The number of rotatable bonds is 10. The summed E-state index contributed by atoms with van der Waals surface area (Å²) in [5, 5.41) is 12.2. The van der Waals surface area contributed by atoms with E-state index < -0.39 is 6.03 Å². The van der Waals surface area contributed by atoms with Crippen LogP contribution in [-0.2, 0) is 17.7 Å². The van der Waals surface area contributed by atoms with Crippen molar-refractivity contribution in [1.29, 1.82) is 5.26 Å². The fraction of sp³-hybridized carbons (Fsp3) is 0.462. The maximum atomic E-state index is 13.3. The van der Waals surface area contributed by atoms with Gasteiger partial charge in [0.25, 0.3) is 0 Å². The van der Waals surface area contributed by atoms with Crippen LogP contribution in [0, 0.1) is 11.3 Å². The van der Waals surface area contributed by atoms with Crippen LogP contribution in [0.25, 0.3) is 0 Å². The number of thiocarbonyl (C=S) groups is 1. The lowest BCUT2D eigenvalue weighted by Gasteiger charge is -2.30. The number of fused-ring (bicyclic) bond motifs is 1. The van der Waals surface area contributed by atoms with Gasteiger partial charge in [0.05, 0.1) is 17.8 Å². The lowest BCUT2D eigenvalue weighted by Crippen LogP contribution is -2.40. The maximum Gasteiger partial charge on any atom is 0.328 e. The summed E-state index contributed by atoms with van der Waals surface area (Å²) in [4.78, 5) is 38.3. The van der Waals surface area contributed by atoms with Gasteiger partial charge in [-0.2, -0.15) is 5.26 Å². The lowest BCUT2D eigenvalue weighted by atomic mass is 10.0. The van der Waals surface area contributed by atoms with E-state index in [2.05, 4.69) is 22.2 Å². The zero-order valence-electron chi connectivity index (χ0n) is 21.6. The molecule has 2 aromatic rings. The van der Waals surface area contributed by atoms with Crippen molar-refractivity contribution in [3.05, 3.63) is 40.7 Å². The number of aldehydes is 1. The van der Waals surface area contributed by atoms with Gasteiger partial charge < -0.3 is 14.4 Å². The number of nitrogens with zero attached hydrogens (tertiary/aromatic N) is 5. The number of hydrogen-bond acceptors (Lipinski definition) is 8. The minimum Gasteiger partial charge on any atom is -0.487 e. The molecule has 11 heteroatoms. The van der Waals surface area contributed by atoms with Crippen molar-refractivity contribution in [3.8, 4) is 11.8 Å². The molecule has 0 aromatic carbocycles. The number of ether oxygens (including phenoxy) is 2. The van der Waals surface area contributed by atoms with Gasteiger partial charge in [0.2, 0.25) is 0 Å². The SMILES string of the molecule is CCCN(Cc1cc2c(nc1C=O)N(C(=O)Nc1cc(OC(C)COC)c(C#N)cn1)CCC2)C(C)=S. The number of methoxy groups -OCH3 is 1. The van der Waals surface area contributed by atoms with E-state index >= 15 is 0 Å². The van der Waals surface area contributed by atoms with Gasteiger partial charge in [0.15, 0.2) is 6.29 Å². The highest BCUT2D eigenvalue weighted by Gasteiger charge is 2.27. The minimum absolute atomic E-state index is 0.231. The number of carbonyl (C=O) groups is 2. The highest BCUT2D eigenvalue weighted by molar-refractivity contribution is 7.80. The van der Waals surface area contributed by atoms with E-state index in [1.165, 1.54) is 17.2 Å². The van der Waals surface area contributed by atoms with Crippen molar-refractivity contribution in [1.82, 2.24) is 14.9 Å². The molecule has 10 nitrogen and oxygen atoms in total. The third kappa shape index (κ3) is 6.99. The summed E-state index contributed by atoms with van der Waals surface area (Å²) in [6.45, 7) is 7.81. The molecule has 3 heterocycles. The van der Waals surface area contributed by atoms with Gasteiger partial charge in [-0.3, -0.25) is 15.0 Å². The Morgan fingerprint density at radius 1 is 1.43 bits per heavy atom. The first-order chi connectivity index (χ1) is 17.8. The number of nitriles is 1. The lowest BCUT2D eigenvalue weighted by molar-refractivity contribution is 0.0919. The van der Waals surface area contributed by atoms with Crippen molar-refractivity contribution in [3.63, 3.8) is 0 Å². The molecule has 0 saturated heterocycles. The second-order valence-corrected chi connectivity index (χ2v) is 9.41. The number of aromatic nitrogens is 2. The molecule has 3 rings (SSSR count). The molecule has 1 unspecified atom stereocenters. The third-order valence-corrected chi connectivity index (χ3v) is 6.14. The summed E-state index contributed by atoms with van der Waals surface area (Å²) in [7, 11) is 1.56. The predicted molar refractivity (Wildman–Crippen MR) is 144 cm³/mol. The standard InChI is InChI=1S/C26H32N6O4S/c1-5-8-31(18(3)37)14-20-10-19-7-6-9-32(25(19)29-22(20)15-33)26(34)30-24-11-23(21(12-27)13-28-24)36-17(2)16-35-4/h10-11,13,15,17H,5-9,14,16H2,1-4H3,(H,28,30,34). The van der Waals surface area contributed by atoms with Crippen molar-refractivity contribution in [2.75, 3.05) is 37.0 Å². The predicted octanol–water partition coefficient (Wildman–Crippen LogP) is 4.12. The van der Waals surface area contributed by atoms with Gasteiger partial charge >= 0.3 is 6.03 Å². The molecule has 0 saturated carbocycles. The van der Waals surface area contributed by atoms with Gasteiger partial charge in [0.1, 0.15) is 40.8 Å². The second kappa shape index (κ2) is 13.1. The molecule has 0 fully saturated rings. The first kappa shape index (κ1) is 28.0. The molecule has 0 radical (unpaired) electrons. The molecule has 1 aliphatic heterocycles. The maximum absolute atomic E-state index is 13.3. The molecular formula is C26H32N6O4S. The van der Waals surface area contributed by atoms with Crippen LogP contribution in [0.15, 0.2) is 18.3 Å². The third-order valence-electron chi connectivity index (χ3n) is 5.88. The summed E-state index contributed by atoms with van der Waals surface area (Å²) in [6, 6.07) is 5.07. The number of nitrogens with one attached hydrogen (secondary N) is 1. The summed E-state index contributed by atoms with van der Waals surface area (Å²) in [6.07, 6.45) is 4.19. The van der Waals surface area contributed by atoms with Crippen LogP contribution in [0.2, 0.25) is 0 Å². The number of pyridine rings is 2. The van der Waals surface area contributed by atoms with Crippen LogP contribution in [0.3, 0.4) is 0 Å². The summed E-state index contributed by atoms with van der Waals surface area (Å²) in [5.41, 5.74) is 2.22. The number of anilines is 2. The van der Waals surface area contributed by atoms with Gasteiger partial charge in [0, 0.05) is 38.4 Å². The van der Waals surface area contributed by atoms with Crippen LogP contribution < -0.4 is 15.0 Å². The van der Waals surface area contributed by atoms with Crippen LogP contribution in [0.1, 0.15) is 60.8 Å². The Labute approximate surface area is 222 Å². The first-order valence-corrected chi connectivity index (χ1v) is 12.6. The van der Waals surface area contributed by atoms with E-state index in [4.69, 9.17) is 21.7 Å². The fourth-order valence-electron chi connectivity index (χ4n) is 4.16. The first-order valence-electron chi connectivity index (χ1n) is 12.2. The fourth-order valence-corrected chi connectivity index (χ4v) is 4.31. The zero-order valence-corrected chi connectivity index (χ0v) is 22.4. The average molecular weight is 525 g/mol. The van der Waals surface area contributed by atoms with E-state index in [9.17, 15) is 14.9 Å². The van der Waals surface area contributed by atoms with Crippen LogP contribution in [0.5, 0.6) is 5.75 Å². The van der Waals surface area contributed by atoms with E-state index in [1.807, 2.05) is 30.9 Å². The molecule has 1 N–H and O–H groups in total. The molecule has 0 aliphatic carbocycles. The smallest absolute Gasteiger partial charge is 0.328 e. The topological polar surface area (TPSA) is 121 Å². The Bertz CT molecular complexity index is 1200. The van der Waals surface area contributed by atoms with Gasteiger partial charge in [-0.1, -0.05) is 19.1 Å². The molecular weight excluding hydrogens is 492 g/mol. The number of urea groups is 1. The highest BCUT2D eigenvalue weighted by Crippen LogP contribution is 2.29. The van der Waals surface area contributed by atoms with Gasteiger partial charge in [-0.25, -0.2) is 14.8 Å². The number of carbonyl (C=O) groups excluding carboxylic acids is 2. The van der Waals surface area contributed by atoms with Gasteiger partial charge in [-0.05, 0) is 44.7 Å². The minimum atomic E-state index is -0.437. The van der Waals surface area contributed by atoms with Crippen LogP contribution in [0.4, 0.5) is 16.4 Å². The molecule has 2 aromatic heterocycles. The number of hydrogen-bond donors (Lipinski definition) is 1. The molecule has 196 valence electrons. The second-order valence-electron chi connectivity index (χ2n) is 8.82. The van der Waals surface area contributed by atoms with Crippen molar-refractivity contribution < 1.29 is 19.1 Å². The van der Waals surface area contributed by atoms with Gasteiger partial charge in [-0.15, -0.1) is 0 Å². The summed E-state index contributed by atoms with van der Waals surface area (Å²) >= 11 is 5.38. The highest BCUT2D eigenvalue weighted by atomic mass is 32.1. The summed E-state index contributed by atoms with van der Waals surface area (Å²) in [5.74, 6) is 0.983.